The minimum Gasteiger partial charge on any atom is -0.223 e. The molecule has 94 valence electrons. The molecule has 0 spiro atoms. The Kier molecular flexibility index (Phi) is 3.48. The van der Waals surface area contributed by atoms with Crippen LogP contribution in [0.25, 0.3) is 0 Å². The van der Waals surface area contributed by atoms with Gasteiger partial charge in [-0.1, -0.05) is 42.5 Å². The van der Waals surface area contributed by atoms with Crippen molar-refractivity contribution in [3.8, 4) is 0 Å². The van der Waals surface area contributed by atoms with Crippen LogP contribution in [0.2, 0.25) is 0 Å². The maximum absolute atomic E-state index is 13.6. The molecule has 18 heavy (non-hydrogen) atoms. The summed E-state index contributed by atoms with van der Waals surface area (Å²) in [6, 6.07) is 14.2. The van der Waals surface area contributed by atoms with E-state index in [1.807, 2.05) is 6.07 Å². The molecule has 0 N–H and O–H groups in total. The Labute approximate surface area is 106 Å². The summed E-state index contributed by atoms with van der Waals surface area (Å²) in [5.74, 6) is -0.708. The van der Waals surface area contributed by atoms with Gasteiger partial charge < -0.3 is 0 Å². The quantitative estimate of drug-likeness (QED) is 0.851. The van der Waals surface area contributed by atoms with E-state index in [1.165, 1.54) is 18.2 Å². The summed E-state index contributed by atoms with van der Waals surface area (Å²) in [5, 5.41) is -0.768. The van der Waals surface area contributed by atoms with Gasteiger partial charge in [-0.05, 0) is 24.6 Å². The number of benzene rings is 2. The third kappa shape index (κ3) is 2.29. The molecule has 0 aliphatic carbocycles. The highest BCUT2D eigenvalue weighted by Crippen LogP contribution is 2.29. The second kappa shape index (κ2) is 4.90. The fraction of sp³-hybridized carbons (Fsp3) is 0.143. The number of halogens is 1. The highest BCUT2D eigenvalue weighted by atomic mass is 32.2. The molecule has 2 nitrogen and oxygen atoms in total. The topological polar surface area (TPSA) is 34.1 Å². The molecule has 1 unspecified atom stereocenters. The van der Waals surface area contributed by atoms with E-state index in [0.29, 0.717) is 5.56 Å². The van der Waals surface area contributed by atoms with E-state index >= 15 is 0 Å². The van der Waals surface area contributed by atoms with Crippen LogP contribution in [-0.4, -0.2) is 8.42 Å². The summed E-state index contributed by atoms with van der Waals surface area (Å²) in [6.07, 6.45) is 0. The fourth-order valence-electron chi connectivity index (χ4n) is 1.77. The first-order valence-corrected chi connectivity index (χ1v) is 7.11. The minimum absolute atomic E-state index is 0.249. The van der Waals surface area contributed by atoms with E-state index in [1.54, 1.807) is 31.2 Å². The molecule has 0 fully saturated rings. The van der Waals surface area contributed by atoms with Gasteiger partial charge in [0.1, 0.15) is 10.7 Å². The zero-order valence-electron chi connectivity index (χ0n) is 9.88. The molecule has 0 saturated carbocycles. The lowest BCUT2D eigenvalue weighted by molar-refractivity contribution is 0.560. The monoisotopic (exact) mass is 264 g/mol. The third-order valence-corrected chi connectivity index (χ3v) is 5.02. The second-order valence-electron chi connectivity index (χ2n) is 4.03. The molecule has 2 aromatic rings. The van der Waals surface area contributed by atoms with Crippen molar-refractivity contribution in [2.75, 3.05) is 0 Å². The highest BCUT2D eigenvalue weighted by molar-refractivity contribution is 7.91. The number of rotatable bonds is 3. The average Bonchev–Trinajstić information content (AvgIpc) is 2.39. The molecule has 1 atom stereocenters. The predicted octanol–water partition coefficient (Wildman–Crippen LogP) is 3.36. The van der Waals surface area contributed by atoms with Crippen molar-refractivity contribution in [3.63, 3.8) is 0 Å². The molecular weight excluding hydrogens is 251 g/mol. The Morgan fingerprint density at radius 2 is 1.50 bits per heavy atom. The average molecular weight is 264 g/mol. The Bertz CT molecular complexity index is 636. The van der Waals surface area contributed by atoms with Crippen molar-refractivity contribution in [3.05, 3.63) is 66.0 Å². The maximum atomic E-state index is 13.6. The zero-order chi connectivity index (χ0) is 13.2. The lowest BCUT2D eigenvalue weighted by atomic mass is 10.2. The van der Waals surface area contributed by atoms with E-state index in [4.69, 9.17) is 0 Å². The van der Waals surface area contributed by atoms with Gasteiger partial charge in [0, 0.05) is 0 Å². The molecule has 0 aromatic heterocycles. The molecule has 0 heterocycles. The summed E-state index contributed by atoms with van der Waals surface area (Å²) >= 11 is 0. The van der Waals surface area contributed by atoms with Crippen LogP contribution in [0.1, 0.15) is 17.7 Å². The third-order valence-electron chi connectivity index (χ3n) is 2.88. The maximum Gasteiger partial charge on any atom is 0.187 e. The smallest absolute Gasteiger partial charge is 0.187 e. The Balaban J connectivity index is 2.48. The van der Waals surface area contributed by atoms with Crippen LogP contribution in [0.4, 0.5) is 4.39 Å². The van der Waals surface area contributed by atoms with Gasteiger partial charge >= 0.3 is 0 Å². The first kappa shape index (κ1) is 12.8. The molecule has 0 aliphatic heterocycles. The lowest BCUT2D eigenvalue weighted by Gasteiger charge is -2.13. The van der Waals surface area contributed by atoms with E-state index in [9.17, 15) is 12.8 Å². The van der Waals surface area contributed by atoms with Crippen molar-refractivity contribution in [1.82, 2.24) is 0 Å². The van der Waals surface area contributed by atoms with E-state index < -0.39 is 20.9 Å². The number of sulfone groups is 1. The zero-order valence-corrected chi connectivity index (χ0v) is 10.7. The van der Waals surface area contributed by atoms with Crippen LogP contribution >= 0.6 is 0 Å². The van der Waals surface area contributed by atoms with E-state index in [0.717, 1.165) is 6.07 Å². The molecule has 0 saturated heterocycles. The van der Waals surface area contributed by atoms with Crippen LogP contribution in [0.15, 0.2) is 59.5 Å². The van der Waals surface area contributed by atoms with E-state index in [-0.39, 0.29) is 4.90 Å². The molecule has 4 heteroatoms. The summed E-state index contributed by atoms with van der Waals surface area (Å²) in [5.41, 5.74) is 0.653. The van der Waals surface area contributed by atoms with Crippen molar-refractivity contribution in [2.24, 2.45) is 0 Å². The van der Waals surface area contributed by atoms with Gasteiger partial charge in [-0.25, -0.2) is 12.8 Å². The number of hydrogen-bond donors (Lipinski definition) is 0. The molecule has 0 radical (unpaired) electrons. The van der Waals surface area contributed by atoms with Gasteiger partial charge in [-0.3, -0.25) is 0 Å². The van der Waals surface area contributed by atoms with Crippen LogP contribution in [0, 0.1) is 5.82 Å². The van der Waals surface area contributed by atoms with Gasteiger partial charge in [-0.15, -0.1) is 0 Å². The predicted molar refractivity (Wildman–Crippen MR) is 68.4 cm³/mol. The molecule has 0 bridgehead atoms. The van der Waals surface area contributed by atoms with Gasteiger partial charge in [0.05, 0.1) is 5.25 Å². The molecule has 2 aromatic carbocycles. The first-order valence-electron chi connectivity index (χ1n) is 5.57. The lowest BCUT2D eigenvalue weighted by Crippen LogP contribution is -2.12. The molecule has 2 rings (SSSR count). The van der Waals surface area contributed by atoms with Gasteiger partial charge in [0.15, 0.2) is 9.84 Å². The van der Waals surface area contributed by atoms with Gasteiger partial charge in [0.2, 0.25) is 0 Å². The van der Waals surface area contributed by atoms with Crippen molar-refractivity contribution >= 4 is 9.84 Å². The molecule has 0 aliphatic rings. The summed E-state index contributed by atoms with van der Waals surface area (Å²) < 4.78 is 38.2. The Morgan fingerprint density at radius 1 is 0.944 bits per heavy atom. The highest BCUT2D eigenvalue weighted by Gasteiger charge is 2.27. The Morgan fingerprint density at radius 3 is 2.11 bits per heavy atom. The SMILES string of the molecule is CC(c1ccccc1)S(=O)(=O)c1ccccc1F. The van der Waals surface area contributed by atoms with Crippen molar-refractivity contribution in [2.45, 2.75) is 17.1 Å². The molecule has 0 amide bonds. The van der Waals surface area contributed by atoms with Crippen molar-refractivity contribution < 1.29 is 12.8 Å². The van der Waals surface area contributed by atoms with Gasteiger partial charge in [0.25, 0.3) is 0 Å². The normalized spacial score (nSPS) is 13.2. The molecular formula is C14H13FO2S. The van der Waals surface area contributed by atoms with Gasteiger partial charge in [-0.2, -0.15) is 0 Å². The fourth-order valence-corrected chi connectivity index (χ4v) is 3.27. The minimum atomic E-state index is -3.70. The summed E-state index contributed by atoms with van der Waals surface area (Å²) in [4.78, 5) is -0.249. The van der Waals surface area contributed by atoms with Crippen LogP contribution in [0.3, 0.4) is 0 Å². The standard InChI is InChI=1S/C14H13FO2S/c1-11(12-7-3-2-4-8-12)18(16,17)14-10-6-5-9-13(14)15/h2-11H,1H3. The first-order chi connectivity index (χ1) is 8.53. The van der Waals surface area contributed by atoms with Crippen LogP contribution in [-0.2, 0) is 9.84 Å². The largest absolute Gasteiger partial charge is 0.223 e. The van der Waals surface area contributed by atoms with E-state index in [2.05, 4.69) is 0 Å². The Hall–Kier alpha value is -1.68. The second-order valence-corrected chi connectivity index (χ2v) is 6.27. The summed E-state index contributed by atoms with van der Waals surface area (Å²) in [6.45, 7) is 1.57. The summed E-state index contributed by atoms with van der Waals surface area (Å²) in [7, 11) is -3.70. The van der Waals surface area contributed by atoms with Crippen LogP contribution in [0.5, 0.6) is 0 Å². The van der Waals surface area contributed by atoms with Crippen LogP contribution < -0.4 is 0 Å². The number of hydrogen-bond acceptors (Lipinski definition) is 2. The van der Waals surface area contributed by atoms with Crippen molar-refractivity contribution in [1.29, 1.82) is 0 Å².